The van der Waals surface area contributed by atoms with E-state index in [-0.39, 0.29) is 11.5 Å². The number of aromatic nitrogens is 4. The molecule has 1 aliphatic rings. The second-order valence-electron chi connectivity index (χ2n) is 6.65. The molecule has 24 heavy (non-hydrogen) atoms. The van der Waals surface area contributed by atoms with Gasteiger partial charge in [0.05, 0.1) is 24.5 Å². The Hall–Kier alpha value is -2.57. The normalized spacial score (nSPS) is 18.5. The zero-order chi connectivity index (χ0) is 17.2. The first-order chi connectivity index (χ1) is 11.5. The third-order valence-electron chi connectivity index (χ3n) is 4.04. The van der Waals surface area contributed by atoms with Gasteiger partial charge < -0.3 is 10.1 Å². The molecule has 1 aliphatic carbocycles. The van der Waals surface area contributed by atoms with E-state index in [1.165, 1.54) is 0 Å². The van der Waals surface area contributed by atoms with Crippen molar-refractivity contribution in [3.8, 4) is 11.5 Å². The van der Waals surface area contributed by atoms with Gasteiger partial charge in [-0.1, -0.05) is 13.8 Å². The third-order valence-corrected chi connectivity index (χ3v) is 4.04. The lowest BCUT2D eigenvalue weighted by molar-refractivity contribution is 0.141. The van der Waals surface area contributed by atoms with Gasteiger partial charge in [0, 0.05) is 24.2 Å². The Balaban J connectivity index is 1.94. The van der Waals surface area contributed by atoms with E-state index in [1.807, 2.05) is 0 Å². The minimum absolute atomic E-state index is 0.0190. The van der Waals surface area contributed by atoms with Crippen LogP contribution in [0.3, 0.4) is 0 Å². The van der Waals surface area contributed by atoms with Crippen molar-refractivity contribution in [2.45, 2.75) is 39.7 Å². The molecule has 0 bridgehead atoms. The van der Waals surface area contributed by atoms with Crippen molar-refractivity contribution in [2.75, 3.05) is 6.61 Å². The molecule has 2 heterocycles. The molecule has 0 saturated heterocycles. The summed E-state index contributed by atoms with van der Waals surface area (Å²) in [5.41, 5.74) is 2.53. The number of rotatable bonds is 3. The number of carbonyl (C=O) groups is 1. The molecular weight excluding hydrogens is 306 g/mol. The molecule has 7 heteroatoms. The highest BCUT2D eigenvalue weighted by Gasteiger charge is 2.34. The average Bonchev–Trinajstić information content (AvgIpc) is 2.54. The van der Waals surface area contributed by atoms with Gasteiger partial charge in [-0.2, -0.15) is 0 Å². The van der Waals surface area contributed by atoms with Crippen LogP contribution in [0, 0.1) is 5.41 Å². The summed E-state index contributed by atoms with van der Waals surface area (Å²) in [6.45, 7) is 6.46. The number of carbonyl (C=O) groups excluding carboxylic acids is 1. The summed E-state index contributed by atoms with van der Waals surface area (Å²) >= 11 is 0. The predicted molar refractivity (Wildman–Crippen MR) is 88.1 cm³/mol. The molecule has 0 unspecified atom stereocenters. The minimum Gasteiger partial charge on any atom is -0.450 e. The number of amides is 1. The van der Waals surface area contributed by atoms with Crippen molar-refractivity contribution < 1.29 is 9.53 Å². The fourth-order valence-electron chi connectivity index (χ4n) is 3.03. The molecule has 3 rings (SSSR count). The summed E-state index contributed by atoms with van der Waals surface area (Å²) in [5.74, 6) is 0.550. The number of nitrogens with one attached hydrogen (secondary N) is 1. The van der Waals surface area contributed by atoms with Crippen molar-refractivity contribution in [3.63, 3.8) is 0 Å². The molecule has 0 aromatic carbocycles. The maximum absolute atomic E-state index is 11.8. The summed E-state index contributed by atoms with van der Waals surface area (Å²) in [6.07, 6.45) is 7.87. The van der Waals surface area contributed by atoms with Gasteiger partial charge in [0.15, 0.2) is 5.82 Å². The molecule has 1 N–H and O–H groups in total. The highest BCUT2D eigenvalue weighted by atomic mass is 16.5. The Bertz CT molecular complexity index is 733. The second kappa shape index (κ2) is 6.51. The Labute approximate surface area is 140 Å². The number of alkyl carbamates (subject to hydrolysis) is 1. The number of hydrogen-bond acceptors (Lipinski definition) is 6. The fraction of sp³-hybridized carbons (Fsp3) is 0.471. The van der Waals surface area contributed by atoms with Crippen LogP contribution in [0.5, 0.6) is 0 Å². The lowest BCUT2D eigenvalue weighted by Crippen LogP contribution is -2.37. The number of fused-ring (bicyclic) bond motifs is 1. The van der Waals surface area contributed by atoms with E-state index < -0.39 is 6.09 Å². The maximum Gasteiger partial charge on any atom is 0.407 e. The van der Waals surface area contributed by atoms with Gasteiger partial charge in [0.25, 0.3) is 0 Å². The molecule has 0 aliphatic heterocycles. The molecule has 0 radical (unpaired) electrons. The summed E-state index contributed by atoms with van der Waals surface area (Å²) < 4.78 is 5.01. The molecule has 0 spiro atoms. The number of nitrogens with zero attached hydrogens (tertiary/aromatic N) is 4. The van der Waals surface area contributed by atoms with E-state index in [1.54, 1.807) is 31.7 Å². The van der Waals surface area contributed by atoms with Gasteiger partial charge in [-0.15, -0.1) is 0 Å². The van der Waals surface area contributed by atoms with Gasteiger partial charge >= 0.3 is 6.09 Å². The van der Waals surface area contributed by atoms with Crippen molar-refractivity contribution >= 4 is 6.09 Å². The van der Waals surface area contributed by atoms with Gasteiger partial charge in [-0.3, -0.25) is 4.98 Å². The third kappa shape index (κ3) is 3.50. The van der Waals surface area contributed by atoms with Crippen LogP contribution in [-0.2, 0) is 11.2 Å². The van der Waals surface area contributed by atoms with E-state index >= 15 is 0 Å². The SMILES string of the molecule is CCOC(=O)N[C@H]1CC(C)(C)Cc2nc(-c3cnccn3)ncc21. The Morgan fingerprint density at radius 1 is 1.33 bits per heavy atom. The molecule has 126 valence electrons. The second-order valence-corrected chi connectivity index (χ2v) is 6.65. The van der Waals surface area contributed by atoms with Crippen LogP contribution in [0.4, 0.5) is 4.79 Å². The molecule has 2 aromatic heterocycles. The fourth-order valence-corrected chi connectivity index (χ4v) is 3.03. The average molecular weight is 327 g/mol. The Morgan fingerprint density at radius 2 is 2.17 bits per heavy atom. The van der Waals surface area contributed by atoms with Gasteiger partial charge in [0.1, 0.15) is 5.69 Å². The van der Waals surface area contributed by atoms with Crippen LogP contribution >= 0.6 is 0 Å². The zero-order valence-corrected chi connectivity index (χ0v) is 14.1. The van der Waals surface area contributed by atoms with E-state index in [0.29, 0.717) is 18.1 Å². The minimum atomic E-state index is -0.413. The molecular formula is C17H21N5O2. The van der Waals surface area contributed by atoms with Crippen molar-refractivity contribution in [1.82, 2.24) is 25.3 Å². The zero-order valence-electron chi connectivity index (χ0n) is 14.1. The van der Waals surface area contributed by atoms with Crippen molar-refractivity contribution in [3.05, 3.63) is 36.0 Å². The summed E-state index contributed by atoms with van der Waals surface area (Å²) in [4.78, 5) is 29.2. The van der Waals surface area contributed by atoms with Crippen LogP contribution in [0.15, 0.2) is 24.8 Å². The predicted octanol–water partition coefficient (Wildman–Crippen LogP) is 2.69. The lowest BCUT2D eigenvalue weighted by atomic mass is 9.74. The monoisotopic (exact) mass is 327 g/mol. The highest BCUT2D eigenvalue weighted by molar-refractivity contribution is 5.68. The van der Waals surface area contributed by atoms with Crippen LogP contribution in [0.1, 0.15) is 44.5 Å². The standard InChI is InChI=1S/C17H21N5O2/c1-4-24-16(23)22-13-8-17(2,3)7-12-11(13)9-20-15(21-12)14-10-18-5-6-19-14/h5-6,9-10,13H,4,7-8H2,1-3H3,(H,22,23)/t13-/m0/s1. The maximum atomic E-state index is 11.8. The van der Waals surface area contributed by atoms with Crippen LogP contribution in [0.2, 0.25) is 0 Å². The summed E-state index contributed by atoms with van der Waals surface area (Å²) in [7, 11) is 0. The van der Waals surface area contributed by atoms with Gasteiger partial charge in [-0.05, 0) is 25.2 Å². The molecule has 0 saturated carbocycles. The van der Waals surface area contributed by atoms with Crippen LogP contribution in [0.25, 0.3) is 11.5 Å². The van der Waals surface area contributed by atoms with Crippen molar-refractivity contribution in [1.29, 1.82) is 0 Å². The smallest absolute Gasteiger partial charge is 0.407 e. The number of ether oxygens (including phenoxy) is 1. The van der Waals surface area contributed by atoms with Crippen LogP contribution < -0.4 is 5.32 Å². The van der Waals surface area contributed by atoms with Gasteiger partial charge in [0.2, 0.25) is 0 Å². The first-order valence-electron chi connectivity index (χ1n) is 8.04. The Kier molecular flexibility index (Phi) is 4.42. The first-order valence-corrected chi connectivity index (χ1v) is 8.04. The van der Waals surface area contributed by atoms with E-state index in [9.17, 15) is 4.79 Å². The molecule has 1 amide bonds. The van der Waals surface area contributed by atoms with E-state index in [4.69, 9.17) is 4.74 Å². The summed E-state index contributed by atoms with van der Waals surface area (Å²) in [6, 6.07) is -0.154. The van der Waals surface area contributed by atoms with Gasteiger partial charge in [-0.25, -0.2) is 19.7 Å². The lowest BCUT2D eigenvalue weighted by Gasteiger charge is -2.36. The Morgan fingerprint density at radius 3 is 2.88 bits per heavy atom. The molecule has 1 atom stereocenters. The first kappa shape index (κ1) is 16.3. The molecule has 2 aromatic rings. The quantitative estimate of drug-likeness (QED) is 0.932. The van der Waals surface area contributed by atoms with E-state index in [2.05, 4.69) is 39.1 Å². The number of hydrogen-bond donors (Lipinski definition) is 1. The largest absolute Gasteiger partial charge is 0.450 e. The van der Waals surface area contributed by atoms with E-state index in [0.717, 1.165) is 24.1 Å². The van der Waals surface area contributed by atoms with Crippen LogP contribution in [-0.4, -0.2) is 32.6 Å². The summed E-state index contributed by atoms with van der Waals surface area (Å²) in [5, 5.41) is 2.92. The highest BCUT2D eigenvalue weighted by Crippen LogP contribution is 2.40. The topological polar surface area (TPSA) is 89.9 Å². The van der Waals surface area contributed by atoms with Crippen molar-refractivity contribution in [2.24, 2.45) is 5.41 Å². The molecule has 0 fully saturated rings. The molecule has 7 nitrogen and oxygen atoms in total.